The third-order valence-corrected chi connectivity index (χ3v) is 4.87. The summed E-state index contributed by atoms with van der Waals surface area (Å²) in [4.78, 5) is 16.8. The molecule has 2 aromatic rings. The Morgan fingerprint density at radius 1 is 0.885 bits per heavy atom. The number of amides is 1. The fraction of sp³-hybridized carbons (Fsp3) is 0.409. The minimum atomic E-state index is -0.823. The van der Waals surface area contributed by atoms with E-state index in [-0.39, 0.29) is 5.91 Å². The minimum absolute atomic E-state index is 0.0376. The number of hydrogen-bond acceptors (Lipinski definition) is 3. The predicted octanol–water partition coefficient (Wildman–Crippen LogP) is 4.10. The van der Waals surface area contributed by atoms with Gasteiger partial charge in [-0.2, -0.15) is 0 Å². The Balaban J connectivity index is 2.33. The SMILES string of the molecule is CCN(CC)C(=O)c1ccccc1C(O)c1ccc(N(CC)CC)cc1. The van der Waals surface area contributed by atoms with Crippen LogP contribution in [0.1, 0.15) is 55.3 Å². The van der Waals surface area contributed by atoms with Crippen LogP contribution < -0.4 is 4.90 Å². The summed E-state index contributed by atoms with van der Waals surface area (Å²) in [6, 6.07) is 15.3. The highest BCUT2D eigenvalue weighted by atomic mass is 16.3. The molecule has 0 aromatic heterocycles. The molecule has 0 saturated heterocycles. The summed E-state index contributed by atoms with van der Waals surface area (Å²) in [6.07, 6.45) is -0.823. The van der Waals surface area contributed by atoms with Crippen molar-refractivity contribution in [3.05, 3.63) is 65.2 Å². The second-order valence-electron chi connectivity index (χ2n) is 6.23. The van der Waals surface area contributed by atoms with Crippen molar-refractivity contribution < 1.29 is 9.90 Å². The highest BCUT2D eigenvalue weighted by molar-refractivity contribution is 5.96. The number of aliphatic hydroxyl groups is 1. The third-order valence-electron chi connectivity index (χ3n) is 4.87. The van der Waals surface area contributed by atoms with Crippen molar-refractivity contribution in [1.29, 1.82) is 0 Å². The summed E-state index contributed by atoms with van der Waals surface area (Å²) in [5.74, 6) is -0.0376. The fourth-order valence-electron chi connectivity index (χ4n) is 3.25. The maximum atomic E-state index is 12.8. The van der Waals surface area contributed by atoms with Gasteiger partial charge in [0.1, 0.15) is 6.10 Å². The van der Waals surface area contributed by atoms with E-state index in [0.717, 1.165) is 24.3 Å². The zero-order valence-corrected chi connectivity index (χ0v) is 16.3. The summed E-state index contributed by atoms with van der Waals surface area (Å²) in [7, 11) is 0. The summed E-state index contributed by atoms with van der Waals surface area (Å²) >= 11 is 0. The topological polar surface area (TPSA) is 43.8 Å². The smallest absolute Gasteiger partial charge is 0.254 e. The van der Waals surface area contributed by atoms with Gasteiger partial charge in [0, 0.05) is 37.4 Å². The van der Waals surface area contributed by atoms with Crippen LogP contribution in [0.3, 0.4) is 0 Å². The van der Waals surface area contributed by atoms with E-state index < -0.39 is 6.10 Å². The van der Waals surface area contributed by atoms with Crippen LogP contribution in [0, 0.1) is 0 Å². The van der Waals surface area contributed by atoms with Crippen molar-refractivity contribution in [2.45, 2.75) is 33.8 Å². The summed E-state index contributed by atoms with van der Waals surface area (Å²) in [5, 5.41) is 10.9. The highest BCUT2D eigenvalue weighted by Crippen LogP contribution is 2.27. The van der Waals surface area contributed by atoms with Crippen LogP contribution in [0.2, 0.25) is 0 Å². The molecule has 1 amide bonds. The molecule has 1 N–H and O–H groups in total. The van der Waals surface area contributed by atoms with E-state index in [1.165, 1.54) is 0 Å². The number of rotatable bonds is 8. The number of carbonyl (C=O) groups is 1. The second-order valence-corrected chi connectivity index (χ2v) is 6.23. The maximum absolute atomic E-state index is 12.8. The van der Waals surface area contributed by atoms with E-state index in [1.54, 1.807) is 11.0 Å². The van der Waals surface area contributed by atoms with E-state index in [4.69, 9.17) is 0 Å². The van der Waals surface area contributed by atoms with Crippen molar-refractivity contribution in [2.24, 2.45) is 0 Å². The number of benzene rings is 2. The average Bonchev–Trinajstić information content (AvgIpc) is 2.69. The molecular formula is C22H30N2O2. The molecule has 4 heteroatoms. The molecule has 2 aromatic carbocycles. The van der Waals surface area contributed by atoms with E-state index in [2.05, 4.69) is 18.7 Å². The van der Waals surface area contributed by atoms with Gasteiger partial charge in [-0.25, -0.2) is 0 Å². The Labute approximate surface area is 157 Å². The first-order valence-electron chi connectivity index (χ1n) is 9.48. The quantitative estimate of drug-likeness (QED) is 0.776. The molecule has 1 unspecified atom stereocenters. The lowest BCUT2D eigenvalue weighted by Gasteiger charge is -2.23. The van der Waals surface area contributed by atoms with Crippen molar-refractivity contribution in [1.82, 2.24) is 4.90 Å². The second kappa shape index (κ2) is 9.39. The Bertz CT molecular complexity index is 704. The van der Waals surface area contributed by atoms with Crippen molar-refractivity contribution in [2.75, 3.05) is 31.1 Å². The first-order valence-corrected chi connectivity index (χ1v) is 9.48. The lowest BCUT2D eigenvalue weighted by atomic mass is 9.96. The Kier molecular flexibility index (Phi) is 7.22. The molecular weight excluding hydrogens is 324 g/mol. The maximum Gasteiger partial charge on any atom is 0.254 e. The number of carbonyl (C=O) groups excluding carboxylic acids is 1. The average molecular weight is 354 g/mol. The van der Waals surface area contributed by atoms with Gasteiger partial charge < -0.3 is 14.9 Å². The van der Waals surface area contributed by atoms with Crippen molar-refractivity contribution in [3.63, 3.8) is 0 Å². The van der Waals surface area contributed by atoms with Gasteiger partial charge >= 0.3 is 0 Å². The largest absolute Gasteiger partial charge is 0.384 e. The molecule has 0 aliphatic carbocycles. The van der Waals surface area contributed by atoms with E-state index in [0.29, 0.717) is 24.2 Å². The van der Waals surface area contributed by atoms with Gasteiger partial charge in [-0.3, -0.25) is 4.79 Å². The number of aliphatic hydroxyl groups excluding tert-OH is 1. The summed E-state index contributed by atoms with van der Waals surface area (Å²) in [6.45, 7) is 11.4. The van der Waals surface area contributed by atoms with Crippen LogP contribution in [-0.2, 0) is 0 Å². The molecule has 140 valence electrons. The van der Waals surface area contributed by atoms with Gasteiger partial charge in [0.25, 0.3) is 5.91 Å². The summed E-state index contributed by atoms with van der Waals surface area (Å²) < 4.78 is 0. The minimum Gasteiger partial charge on any atom is -0.384 e. The number of hydrogen-bond donors (Lipinski definition) is 1. The Morgan fingerprint density at radius 3 is 2.00 bits per heavy atom. The fourth-order valence-corrected chi connectivity index (χ4v) is 3.25. The molecule has 0 heterocycles. The van der Waals surface area contributed by atoms with Gasteiger partial charge in [0.2, 0.25) is 0 Å². The zero-order valence-electron chi connectivity index (χ0n) is 16.3. The van der Waals surface area contributed by atoms with Gasteiger partial charge in [0.15, 0.2) is 0 Å². The van der Waals surface area contributed by atoms with Crippen LogP contribution in [-0.4, -0.2) is 42.1 Å². The summed E-state index contributed by atoms with van der Waals surface area (Å²) in [5.41, 5.74) is 3.15. The molecule has 0 fully saturated rings. The van der Waals surface area contributed by atoms with E-state index in [9.17, 15) is 9.90 Å². The molecule has 26 heavy (non-hydrogen) atoms. The van der Waals surface area contributed by atoms with Crippen LogP contribution >= 0.6 is 0 Å². The third kappa shape index (κ3) is 4.25. The van der Waals surface area contributed by atoms with Crippen LogP contribution in [0.5, 0.6) is 0 Å². The monoisotopic (exact) mass is 354 g/mol. The molecule has 0 saturated carbocycles. The molecule has 0 aliphatic rings. The van der Waals surface area contributed by atoms with Gasteiger partial charge in [-0.1, -0.05) is 30.3 Å². The van der Waals surface area contributed by atoms with Gasteiger partial charge in [0.05, 0.1) is 0 Å². The van der Waals surface area contributed by atoms with Crippen LogP contribution in [0.4, 0.5) is 5.69 Å². The Hall–Kier alpha value is -2.33. The van der Waals surface area contributed by atoms with E-state index in [1.807, 2.05) is 56.3 Å². The van der Waals surface area contributed by atoms with Crippen molar-refractivity contribution >= 4 is 11.6 Å². The normalized spacial score (nSPS) is 11.9. The Morgan fingerprint density at radius 2 is 1.46 bits per heavy atom. The molecule has 0 bridgehead atoms. The van der Waals surface area contributed by atoms with Gasteiger partial charge in [-0.15, -0.1) is 0 Å². The van der Waals surface area contributed by atoms with Crippen molar-refractivity contribution in [3.8, 4) is 0 Å². The molecule has 0 aliphatic heterocycles. The van der Waals surface area contributed by atoms with Gasteiger partial charge in [-0.05, 0) is 57.0 Å². The molecule has 1 atom stereocenters. The first-order chi connectivity index (χ1) is 12.6. The molecule has 0 radical (unpaired) electrons. The molecule has 4 nitrogen and oxygen atoms in total. The predicted molar refractivity (Wildman–Crippen MR) is 108 cm³/mol. The standard InChI is InChI=1S/C22H30N2O2/c1-5-23(6-2)18-15-13-17(14-16-18)21(25)19-11-9-10-12-20(19)22(26)24(7-3)8-4/h9-16,21,25H,5-8H2,1-4H3. The van der Waals surface area contributed by atoms with Crippen LogP contribution in [0.15, 0.2) is 48.5 Å². The zero-order chi connectivity index (χ0) is 19.1. The van der Waals surface area contributed by atoms with E-state index >= 15 is 0 Å². The molecule has 0 spiro atoms. The lowest BCUT2D eigenvalue weighted by Crippen LogP contribution is -2.31. The van der Waals surface area contributed by atoms with Crippen LogP contribution in [0.25, 0.3) is 0 Å². The number of anilines is 1. The molecule has 2 rings (SSSR count). The highest BCUT2D eigenvalue weighted by Gasteiger charge is 2.21. The first kappa shape index (κ1) is 20.0. The lowest BCUT2D eigenvalue weighted by molar-refractivity contribution is 0.0767. The number of nitrogens with zero attached hydrogens (tertiary/aromatic N) is 2.